The molecule has 4 nitrogen and oxygen atoms in total. The largest absolute Gasteiger partial charge is 0.463 e. The summed E-state index contributed by atoms with van der Waals surface area (Å²) in [5.74, 6) is 0. The first-order chi connectivity index (χ1) is 10.7. The van der Waals surface area contributed by atoms with Gasteiger partial charge < -0.3 is 10.1 Å². The normalized spacial score (nSPS) is 15.1. The molecule has 3 rings (SSSR count). The lowest BCUT2D eigenvalue weighted by molar-refractivity contribution is 0.325. The van der Waals surface area contributed by atoms with Crippen LogP contribution in [0.4, 0.5) is 0 Å². The van der Waals surface area contributed by atoms with Crippen LogP contribution in [0, 0.1) is 0 Å². The number of aliphatic imine (C=N–C) groups is 1. The number of rotatable bonds is 4. The van der Waals surface area contributed by atoms with Crippen LogP contribution in [0.5, 0.6) is 0 Å². The van der Waals surface area contributed by atoms with Gasteiger partial charge in [0.05, 0.1) is 12.6 Å². The van der Waals surface area contributed by atoms with Crippen molar-refractivity contribution in [2.45, 2.75) is 12.5 Å². The average Bonchev–Trinajstić information content (AvgIpc) is 3.02. The molecule has 1 aromatic carbocycles. The van der Waals surface area contributed by atoms with Crippen LogP contribution in [0.15, 0.2) is 52.1 Å². The van der Waals surface area contributed by atoms with Gasteiger partial charge >= 0.3 is 0 Å². The van der Waals surface area contributed by atoms with E-state index < -0.39 is 0 Å². The summed E-state index contributed by atoms with van der Waals surface area (Å²) in [4.78, 5) is 8.45. The van der Waals surface area contributed by atoms with E-state index in [1.807, 2.05) is 24.3 Å². The number of amidine groups is 1. The highest BCUT2D eigenvalue weighted by molar-refractivity contribution is 9.10. The van der Waals surface area contributed by atoms with Gasteiger partial charge in [0, 0.05) is 10.7 Å². The van der Waals surface area contributed by atoms with Crippen LogP contribution in [0.25, 0.3) is 0 Å². The van der Waals surface area contributed by atoms with Gasteiger partial charge in [-0.05, 0) is 35.7 Å². The number of hydrogen-bond donors (Lipinski definition) is 1. The molecule has 0 amide bonds. The maximum atomic E-state index is 6.19. The molecule has 0 saturated carbocycles. The van der Waals surface area contributed by atoms with Crippen molar-refractivity contribution in [1.82, 2.24) is 10.3 Å². The highest BCUT2D eigenvalue weighted by Gasteiger charge is 2.18. The molecule has 1 aliphatic rings. The molecule has 0 spiro atoms. The first-order valence-electron chi connectivity index (χ1n) is 7.01. The Kier molecular flexibility index (Phi) is 4.95. The molecule has 0 bridgehead atoms. The summed E-state index contributed by atoms with van der Waals surface area (Å²) in [6, 6.07) is 12.6. The maximum Gasteiger partial charge on any atom is 0.285 e. The van der Waals surface area contributed by atoms with E-state index in [0.717, 1.165) is 15.6 Å². The fourth-order valence-electron chi connectivity index (χ4n) is 2.34. The van der Waals surface area contributed by atoms with Crippen LogP contribution in [-0.2, 0) is 11.2 Å². The number of halogens is 2. The van der Waals surface area contributed by atoms with E-state index in [-0.39, 0.29) is 6.04 Å². The predicted molar refractivity (Wildman–Crippen MR) is 91.2 cm³/mol. The Balaban J connectivity index is 1.87. The minimum absolute atomic E-state index is 0.0102. The molecule has 114 valence electrons. The SMILES string of the molecule is Clc1ncccc1CC(NC1=NCCO1)c1cccc(Br)c1. The van der Waals surface area contributed by atoms with E-state index in [1.165, 1.54) is 0 Å². The Bertz CT molecular complexity index is 693. The zero-order valence-electron chi connectivity index (χ0n) is 11.8. The lowest BCUT2D eigenvalue weighted by Gasteiger charge is -2.20. The van der Waals surface area contributed by atoms with Gasteiger partial charge in [-0.1, -0.05) is 45.7 Å². The standard InChI is InChI=1S/C16H15BrClN3O/c17-13-5-1-3-11(9-13)14(21-16-20-7-8-22-16)10-12-4-2-6-19-15(12)18/h1-6,9,14H,7-8,10H2,(H,20,21). The molecule has 22 heavy (non-hydrogen) atoms. The molecule has 0 radical (unpaired) electrons. The Labute approximate surface area is 142 Å². The van der Waals surface area contributed by atoms with Gasteiger partial charge in [-0.2, -0.15) is 0 Å². The van der Waals surface area contributed by atoms with Crippen LogP contribution >= 0.6 is 27.5 Å². The van der Waals surface area contributed by atoms with E-state index in [9.17, 15) is 0 Å². The summed E-state index contributed by atoms with van der Waals surface area (Å²) < 4.78 is 6.51. The topological polar surface area (TPSA) is 46.5 Å². The summed E-state index contributed by atoms with van der Waals surface area (Å²) >= 11 is 9.71. The van der Waals surface area contributed by atoms with Gasteiger partial charge in [0.25, 0.3) is 6.02 Å². The van der Waals surface area contributed by atoms with E-state index >= 15 is 0 Å². The van der Waals surface area contributed by atoms with Crippen LogP contribution < -0.4 is 5.32 Å². The second-order valence-electron chi connectivity index (χ2n) is 4.94. The third-order valence-electron chi connectivity index (χ3n) is 3.39. The molecule has 2 heterocycles. The van der Waals surface area contributed by atoms with Crippen molar-refractivity contribution in [2.75, 3.05) is 13.2 Å². The van der Waals surface area contributed by atoms with Crippen LogP contribution in [0.2, 0.25) is 5.15 Å². The summed E-state index contributed by atoms with van der Waals surface area (Å²) in [7, 11) is 0. The van der Waals surface area contributed by atoms with Crippen molar-refractivity contribution in [1.29, 1.82) is 0 Å². The highest BCUT2D eigenvalue weighted by atomic mass is 79.9. The number of aromatic nitrogens is 1. The molecule has 1 atom stereocenters. The molecule has 0 fully saturated rings. The van der Waals surface area contributed by atoms with Gasteiger partial charge in [0.15, 0.2) is 0 Å². The molecule has 6 heteroatoms. The molecule has 0 saturated heterocycles. The Morgan fingerprint density at radius 3 is 2.95 bits per heavy atom. The fraction of sp³-hybridized carbons (Fsp3) is 0.250. The molecule has 1 unspecified atom stereocenters. The summed E-state index contributed by atoms with van der Waals surface area (Å²) in [5.41, 5.74) is 2.12. The zero-order valence-corrected chi connectivity index (χ0v) is 14.1. The number of nitrogens with zero attached hydrogens (tertiary/aromatic N) is 2. The quantitative estimate of drug-likeness (QED) is 0.822. The fourth-order valence-corrected chi connectivity index (χ4v) is 2.95. The zero-order chi connectivity index (χ0) is 15.4. The highest BCUT2D eigenvalue weighted by Crippen LogP contribution is 2.24. The molecule has 1 aliphatic heterocycles. The second kappa shape index (κ2) is 7.11. The van der Waals surface area contributed by atoms with Gasteiger partial charge in [-0.15, -0.1) is 0 Å². The van der Waals surface area contributed by atoms with E-state index in [4.69, 9.17) is 16.3 Å². The van der Waals surface area contributed by atoms with Gasteiger partial charge in [-0.25, -0.2) is 9.98 Å². The lowest BCUT2D eigenvalue weighted by atomic mass is 10.00. The third-order valence-corrected chi connectivity index (χ3v) is 4.23. The molecule has 0 aliphatic carbocycles. The lowest BCUT2D eigenvalue weighted by Crippen LogP contribution is -2.30. The average molecular weight is 381 g/mol. The van der Waals surface area contributed by atoms with Gasteiger partial charge in [0.1, 0.15) is 11.8 Å². The van der Waals surface area contributed by atoms with Crippen molar-refractivity contribution in [2.24, 2.45) is 4.99 Å². The van der Waals surface area contributed by atoms with Gasteiger partial charge in [0.2, 0.25) is 0 Å². The van der Waals surface area contributed by atoms with Crippen molar-refractivity contribution >= 4 is 33.6 Å². The van der Waals surface area contributed by atoms with E-state index in [2.05, 4.69) is 43.4 Å². The predicted octanol–water partition coefficient (Wildman–Crippen LogP) is 3.76. The summed E-state index contributed by atoms with van der Waals surface area (Å²) in [6.07, 6.45) is 2.39. The minimum atomic E-state index is 0.0102. The van der Waals surface area contributed by atoms with E-state index in [0.29, 0.717) is 30.7 Å². The third kappa shape index (κ3) is 3.78. The van der Waals surface area contributed by atoms with Crippen molar-refractivity contribution in [3.05, 3.63) is 63.3 Å². The number of ether oxygens (including phenoxy) is 1. The number of nitrogens with one attached hydrogen (secondary N) is 1. The number of benzene rings is 1. The first-order valence-corrected chi connectivity index (χ1v) is 8.18. The molecular weight excluding hydrogens is 366 g/mol. The molecular formula is C16H15BrClN3O. The van der Waals surface area contributed by atoms with Crippen molar-refractivity contribution < 1.29 is 4.74 Å². The Morgan fingerprint density at radius 2 is 2.23 bits per heavy atom. The van der Waals surface area contributed by atoms with Crippen molar-refractivity contribution in [3.63, 3.8) is 0 Å². The molecule has 1 aromatic heterocycles. The minimum Gasteiger partial charge on any atom is -0.463 e. The van der Waals surface area contributed by atoms with Crippen LogP contribution in [0.1, 0.15) is 17.2 Å². The first kappa shape index (κ1) is 15.3. The molecule has 2 aromatic rings. The molecule has 1 N–H and O–H groups in total. The smallest absolute Gasteiger partial charge is 0.285 e. The number of pyridine rings is 1. The van der Waals surface area contributed by atoms with E-state index in [1.54, 1.807) is 6.20 Å². The summed E-state index contributed by atoms with van der Waals surface area (Å²) in [6.45, 7) is 1.32. The number of hydrogen-bond acceptors (Lipinski definition) is 4. The van der Waals surface area contributed by atoms with Crippen LogP contribution in [-0.4, -0.2) is 24.2 Å². The maximum absolute atomic E-state index is 6.19. The summed E-state index contributed by atoms with van der Waals surface area (Å²) in [5, 5.41) is 3.88. The van der Waals surface area contributed by atoms with Crippen molar-refractivity contribution in [3.8, 4) is 0 Å². The Hall–Kier alpha value is -1.59. The van der Waals surface area contributed by atoms with Gasteiger partial charge in [-0.3, -0.25) is 0 Å². The monoisotopic (exact) mass is 379 g/mol. The van der Waals surface area contributed by atoms with Crippen LogP contribution in [0.3, 0.4) is 0 Å². The second-order valence-corrected chi connectivity index (χ2v) is 6.22. The Morgan fingerprint density at radius 1 is 1.32 bits per heavy atom.